The van der Waals surface area contributed by atoms with Gasteiger partial charge in [0.15, 0.2) is 11.5 Å². The molecule has 0 radical (unpaired) electrons. The number of aromatic nitrogens is 4. The van der Waals surface area contributed by atoms with Gasteiger partial charge in [-0.25, -0.2) is 14.8 Å². The number of nitrogens with one attached hydrogen (secondary N) is 1. The highest BCUT2D eigenvalue weighted by atomic mass is 16.4. The summed E-state index contributed by atoms with van der Waals surface area (Å²) in [6.07, 6.45) is 1.76. The van der Waals surface area contributed by atoms with Gasteiger partial charge >= 0.3 is 5.97 Å². The van der Waals surface area contributed by atoms with Crippen molar-refractivity contribution in [2.45, 2.75) is 6.92 Å². The van der Waals surface area contributed by atoms with Gasteiger partial charge in [0.2, 0.25) is 5.95 Å². The lowest BCUT2D eigenvalue weighted by molar-refractivity contribution is 0.0690. The summed E-state index contributed by atoms with van der Waals surface area (Å²) in [7, 11) is 1.78. The molecule has 2 rings (SSSR count). The first-order valence-corrected chi connectivity index (χ1v) is 4.90. The first-order chi connectivity index (χ1) is 8.04. The molecule has 0 aliphatic rings. The standard InChI is InChI=1S/C10H11N5O2/c1-6-5-7(9(16)17)12-10(11-6)13-8-3-4-15(2)14-8/h3-5H,1-2H3,(H,16,17)(H,11,12,13,14). The SMILES string of the molecule is Cc1cc(C(=O)O)nc(Nc2ccn(C)n2)n1. The minimum atomic E-state index is -1.08. The van der Waals surface area contributed by atoms with Crippen molar-refractivity contribution in [1.82, 2.24) is 19.7 Å². The Morgan fingerprint density at radius 2 is 2.24 bits per heavy atom. The number of carboxylic acid groups (broad SMARTS) is 1. The number of hydrogen-bond donors (Lipinski definition) is 2. The zero-order valence-electron chi connectivity index (χ0n) is 9.38. The van der Waals surface area contributed by atoms with Crippen LogP contribution in [0.25, 0.3) is 0 Å². The summed E-state index contributed by atoms with van der Waals surface area (Å²) in [6.45, 7) is 1.71. The third-order valence-electron chi connectivity index (χ3n) is 2.03. The van der Waals surface area contributed by atoms with Crippen LogP contribution in [0.15, 0.2) is 18.3 Å². The van der Waals surface area contributed by atoms with E-state index in [1.807, 2.05) is 0 Å². The summed E-state index contributed by atoms with van der Waals surface area (Å²) < 4.78 is 1.62. The molecule has 2 heterocycles. The maximum Gasteiger partial charge on any atom is 0.354 e. The lowest BCUT2D eigenvalue weighted by atomic mass is 10.3. The Hall–Kier alpha value is -2.44. The lowest BCUT2D eigenvalue weighted by Crippen LogP contribution is -2.06. The van der Waals surface area contributed by atoms with Crippen LogP contribution in [-0.4, -0.2) is 30.8 Å². The van der Waals surface area contributed by atoms with Gasteiger partial charge in [0.05, 0.1) is 0 Å². The van der Waals surface area contributed by atoms with Gasteiger partial charge in [-0.3, -0.25) is 4.68 Å². The van der Waals surface area contributed by atoms with Crippen molar-refractivity contribution in [2.24, 2.45) is 7.05 Å². The quantitative estimate of drug-likeness (QED) is 0.820. The van der Waals surface area contributed by atoms with Crippen LogP contribution in [0, 0.1) is 6.92 Å². The van der Waals surface area contributed by atoms with E-state index in [-0.39, 0.29) is 11.6 Å². The topological polar surface area (TPSA) is 92.9 Å². The first kappa shape index (κ1) is 11.1. The summed E-state index contributed by atoms with van der Waals surface area (Å²) in [4.78, 5) is 18.8. The molecular formula is C10H11N5O2. The predicted octanol–water partition coefficient (Wildman–Crippen LogP) is 0.960. The van der Waals surface area contributed by atoms with E-state index in [0.29, 0.717) is 11.5 Å². The van der Waals surface area contributed by atoms with Gasteiger partial charge < -0.3 is 10.4 Å². The van der Waals surface area contributed by atoms with Crippen LogP contribution in [0.1, 0.15) is 16.2 Å². The molecule has 7 heteroatoms. The smallest absolute Gasteiger partial charge is 0.354 e. The average Bonchev–Trinajstić information content (AvgIpc) is 2.63. The first-order valence-electron chi connectivity index (χ1n) is 4.90. The summed E-state index contributed by atoms with van der Waals surface area (Å²) >= 11 is 0. The zero-order chi connectivity index (χ0) is 12.4. The molecule has 0 atom stereocenters. The van der Waals surface area contributed by atoms with Crippen molar-refractivity contribution in [3.05, 3.63) is 29.7 Å². The number of carboxylic acids is 1. The van der Waals surface area contributed by atoms with Crippen LogP contribution in [0.4, 0.5) is 11.8 Å². The van der Waals surface area contributed by atoms with E-state index in [4.69, 9.17) is 5.11 Å². The molecule has 0 saturated heterocycles. The zero-order valence-corrected chi connectivity index (χ0v) is 9.38. The minimum Gasteiger partial charge on any atom is -0.477 e. The van der Waals surface area contributed by atoms with Crippen molar-refractivity contribution < 1.29 is 9.90 Å². The second kappa shape index (κ2) is 4.20. The number of aromatic carboxylic acids is 1. The number of carbonyl (C=O) groups is 1. The third kappa shape index (κ3) is 2.57. The van der Waals surface area contributed by atoms with Crippen LogP contribution < -0.4 is 5.32 Å². The van der Waals surface area contributed by atoms with E-state index in [9.17, 15) is 4.79 Å². The van der Waals surface area contributed by atoms with Crippen molar-refractivity contribution in [2.75, 3.05) is 5.32 Å². The van der Waals surface area contributed by atoms with Gasteiger partial charge in [0.25, 0.3) is 0 Å². The molecule has 0 aliphatic heterocycles. The molecule has 0 bridgehead atoms. The molecule has 0 unspecified atom stereocenters. The molecule has 0 spiro atoms. The molecular weight excluding hydrogens is 222 g/mol. The van der Waals surface area contributed by atoms with Gasteiger partial charge in [-0.05, 0) is 13.0 Å². The molecule has 7 nitrogen and oxygen atoms in total. The van der Waals surface area contributed by atoms with Crippen LogP contribution >= 0.6 is 0 Å². The minimum absolute atomic E-state index is 0.0454. The van der Waals surface area contributed by atoms with Crippen molar-refractivity contribution in [1.29, 1.82) is 0 Å². The fourth-order valence-corrected chi connectivity index (χ4v) is 1.33. The van der Waals surface area contributed by atoms with Crippen molar-refractivity contribution in [3.8, 4) is 0 Å². The third-order valence-corrected chi connectivity index (χ3v) is 2.03. The molecule has 2 aromatic rings. The molecule has 0 aromatic carbocycles. The Morgan fingerprint density at radius 1 is 1.47 bits per heavy atom. The van der Waals surface area contributed by atoms with Crippen molar-refractivity contribution in [3.63, 3.8) is 0 Å². The Bertz CT molecular complexity index is 564. The molecule has 17 heavy (non-hydrogen) atoms. The van der Waals surface area contributed by atoms with Gasteiger partial charge in [-0.1, -0.05) is 0 Å². The highest BCUT2D eigenvalue weighted by Gasteiger charge is 2.09. The number of aryl methyl sites for hydroxylation is 2. The maximum atomic E-state index is 10.8. The summed E-state index contributed by atoms with van der Waals surface area (Å²) in [6, 6.07) is 3.15. The van der Waals surface area contributed by atoms with Crippen LogP contribution in [0.3, 0.4) is 0 Å². The van der Waals surface area contributed by atoms with E-state index in [1.165, 1.54) is 6.07 Å². The summed E-state index contributed by atoms with van der Waals surface area (Å²) in [5.74, 6) is -0.296. The van der Waals surface area contributed by atoms with Gasteiger partial charge in [-0.2, -0.15) is 5.10 Å². The summed E-state index contributed by atoms with van der Waals surface area (Å²) in [5.41, 5.74) is 0.534. The molecule has 0 saturated carbocycles. The van der Waals surface area contributed by atoms with E-state index in [2.05, 4.69) is 20.4 Å². The fourth-order valence-electron chi connectivity index (χ4n) is 1.33. The average molecular weight is 233 g/mol. The second-order valence-corrected chi connectivity index (χ2v) is 3.52. The van der Waals surface area contributed by atoms with E-state index in [0.717, 1.165) is 0 Å². The van der Waals surface area contributed by atoms with E-state index >= 15 is 0 Å². The second-order valence-electron chi connectivity index (χ2n) is 3.52. The highest BCUT2D eigenvalue weighted by Crippen LogP contribution is 2.11. The van der Waals surface area contributed by atoms with Crippen LogP contribution in [0.5, 0.6) is 0 Å². The molecule has 0 fully saturated rings. The number of anilines is 2. The molecule has 0 aliphatic carbocycles. The van der Waals surface area contributed by atoms with E-state index < -0.39 is 5.97 Å². The van der Waals surface area contributed by atoms with E-state index in [1.54, 1.807) is 30.9 Å². The number of rotatable bonds is 3. The Labute approximate surface area is 97.1 Å². The lowest BCUT2D eigenvalue weighted by Gasteiger charge is -2.03. The molecule has 88 valence electrons. The Balaban J connectivity index is 2.29. The predicted molar refractivity (Wildman–Crippen MR) is 60.2 cm³/mol. The number of hydrogen-bond acceptors (Lipinski definition) is 5. The van der Waals surface area contributed by atoms with Crippen LogP contribution in [-0.2, 0) is 7.05 Å². The monoisotopic (exact) mass is 233 g/mol. The highest BCUT2D eigenvalue weighted by molar-refractivity contribution is 5.85. The van der Waals surface area contributed by atoms with Gasteiger partial charge in [-0.15, -0.1) is 0 Å². The van der Waals surface area contributed by atoms with Crippen LogP contribution in [0.2, 0.25) is 0 Å². The van der Waals surface area contributed by atoms with Gasteiger partial charge in [0.1, 0.15) is 0 Å². The molecule has 2 N–H and O–H groups in total. The Kier molecular flexibility index (Phi) is 2.73. The maximum absolute atomic E-state index is 10.8. The number of nitrogens with zero attached hydrogens (tertiary/aromatic N) is 4. The molecule has 0 amide bonds. The molecule has 2 aromatic heterocycles. The van der Waals surface area contributed by atoms with Gasteiger partial charge in [0, 0.05) is 25.0 Å². The van der Waals surface area contributed by atoms with Crippen molar-refractivity contribution >= 4 is 17.7 Å². The normalized spacial score (nSPS) is 10.2. The summed E-state index contributed by atoms with van der Waals surface area (Å²) in [5, 5.41) is 15.8. The fraction of sp³-hybridized carbons (Fsp3) is 0.200. The Morgan fingerprint density at radius 3 is 2.82 bits per heavy atom. The largest absolute Gasteiger partial charge is 0.477 e.